The Bertz CT molecular complexity index is 1070. The molecule has 130 valence electrons. The molecule has 0 unspecified atom stereocenters. The van der Waals surface area contributed by atoms with Crippen molar-refractivity contribution in [3.05, 3.63) is 59.2 Å². The van der Waals surface area contributed by atoms with Gasteiger partial charge in [0.25, 0.3) is 5.91 Å². The van der Waals surface area contributed by atoms with Crippen LogP contribution in [0.3, 0.4) is 0 Å². The summed E-state index contributed by atoms with van der Waals surface area (Å²) in [5.41, 5.74) is 2.13. The largest absolute Gasteiger partial charge is 0.350 e. The summed E-state index contributed by atoms with van der Waals surface area (Å²) in [6, 6.07) is 12.0. The first-order valence-corrected chi connectivity index (χ1v) is 9.64. The number of hydrogen-bond donors (Lipinski definition) is 2. The maximum Gasteiger partial charge on any atom is 0.255 e. The lowest BCUT2D eigenvalue weighted by molar-refractivity contribution is 0.102. The number of nitrogens with one attached hydrogen (secondary N) is 2. The van der Waals surface area contributed by atoms with Crippen LogP contribution < -0.4 is 10.0 Å². The van der Waals surface area contributed by atoms with Crippen LogP contribution in [0.15, 0.2) is 48.7 Å². The second-order valence-corrected chi connectivity index (χ2v) is 7.84. The lowest BCUT2D eigenvalue weighted by Gasteiger charge is -2.10. The molecule has 1 amide bonds. The monoisotopic (exact) mass is 377 g/mol. The van der Waals surface area contributed by atoms with E-state index in [4.69, 9.17) is 11.6 Å². The minimum absolute atomic E-state index is 0.162. The van der Waals surface area contributed by atoms with Gasteiger partial charge < -0.3 is 9.88 Å². The molecule has 0 spiro atoms. The molecular weight excluding hydrogens is 362 g/mol. The Balaban J connectivity index is 1.92. The molecular formula is C17H16ClN3O3S. The Morgan fingerprint density at radius 2 is 1.88 bits per heavy atom. The number of fused-ring (bicyclic) bond motifs is 1. The van der Waals surface area contributed by atoms with E-state index in [9.17, 15) is 13.2 Å². The minimum atomic E-state index is -3.50. The lowest BCUT2D eigenvalue weighted by Crippen LogP contribution is -2.14. The van der Waals surface area contributed by atoms with Crippen molar-refractivity contribution < 1.29 is 13.2 Å². The van der Waals surface area contributed by atoms with Crippen molar-refractivity contribution in [1.82, 2.24) is 4.57 Å². The molecule has 3 aromatic rings. The number of sulfonamides is 1. The van der Waals surface area contributed by atoms with Gasteiger partial charge in [-0.3, -0.25) is 9.52 Å². The maximum atomic E-state index is 12.6. The molecule has 0 aliphatic carbocycles. The van der Waals surface area contributed by atoms with Crippen LogP contribution in [0.5, 0.6) is 0 Å². The zero-order chi connectivity index (χ0) is 18.2. The number of rotatable bonds is 4. The zero-order valence-corrected chi connectivity index (χ0v) is 15.1. The molecule has 8 heteroatoms. The lowest BCUT2D eigenvalue weighted by atomic mass is 10.1. The predicted octanol–water partition coefficient (Wildman–Crippen LogP) is 3.46. The average molecular weight is 378 g/mol. The molecule has 2 aromatic carbocycles. The Morgan fingerprint density at radius 1 is 1.12 bits per heavy atom. The van der Waals surface area contributed by atoms with Crippen LogP contribution in [0.25, 0.3) is 10.9 Å². The van der Waals surface area contributed by atoms with Crippen molar-refractivity contribution in [1.29, 1.82) is 0 Å². The standard InChI is InChI=1S/C17H16ClN3O3S/c1-21-9-8-12-14(4-3-5-16(12)21)19-17(22)11-6-7-13(18)15(10-11)20-25(2,23)24/h3-10,20H,1-2H3,(H,19,22). The highest BCUT2D eigenvalue weighted by atomic mass is 35.5. The number of aryl methyl sites for hydroxylation is 1. The summed E-state index contributed by atoms with van der Waals surface area (Å²) in [5, 5.41) is 3.98. The summed E-state index contributed by atoms with van der Waals surface area (Å²) < 4.78 is 27.1. The topological polar surface area (TPSA) is 80.2 Å². The van der Waals surface area contributed by atoms with Gasteiger partial charge in [-0.25, -0.2) is 8.42 Å². The van der Waals surface area contributed by atoms with E-state index in [2.05, 4.69) is 10.0 Å². The molecule has 1 heterocycles. The number of benzene rings is 2. The molecule has 1 aromatic heterocycles. The third-order valence-electron chi connectivity index (χ3n) is 3.70. The van der Waals surface area contributed by atoms with Gasteiger partial charge in [-0.1, -0.05) is 17.7 Å². The SMILES string of the molecule is Cn1ccc2c(NC(=O)c3ccc(Cl)c(NS(C)(=O)=O)c3)cccc21. The van der Waals surface area contributed by atoms with E-state index in [1.807, 2.05) is 42.1 Å². The van der Waals surface area contributed by atoms with Gasteiger partial charge in [-0.2, -0.15) is 0 Å². The van der Waals surface area contributed by atoms with Gasteiger partial charge in [0.2, 0.25) is 10.0 Å². The molecule has 25 heavy (non-hydrogen) atoms. The molecule has 0 aliphatic rings. The first-order chi connectivity index (χ1) is 11.7. The Labute approximate surface area is 150 Å². The fourth-order valence-electron chi connectivity index (χ4n) is 2.55. The minimum Gasteiger partial charge on any atom is -0.350 e. The molecule has 0 radical (unpaired) electrons. The van der Waals surface area contributed by atoms with E-state index >= 15 is 0 Å². The highest BCUT2D eigenvalue weighted by molar-refractivity contribution is 7.92. The van der Waals surface area contributed by atoms with Gasteiger partial charge in [0.15, 0.2) is 0 Å². The summed E-state index contributed by atoms with van der Waals surface area (Å²) in [5.74, 6) is -0.357. The van der Waals surface area contributed by atoms with Gasteiger partial charge in [0.1, 0.15) is 0 Å². The Hall–Kier alpha value is -2.51. The third-order valence-corrected chi connectivity index (χ3v) is 4.62. The summed E-state index contributed by atoms with van der Waals surface area (Å²) in [7, 11) is -1.57. The quantitative estimate of drug-likeness (QED) is 0.730. The number of anilines is 2. The summed E-state index contributed by atoms with van der Waals surface area (Å²) in [6.45, 7) is 0. The van der Waals surface area contributed by atoms with Crippen molar-refractivity contribution in [2.45, 2.75) is 0 Å². The third kappa shape index (κ3) is 3.78. The van der Waals surface area contributed by atoms with Gasteiger partial charge in [0, 0.05) is 29.7 Å². The first kappa shape index (κ1) is 17.3. The fourth-order valence-corrected chi connectivity index (χ4v) is 3.34. The van der Waals surface area contributed by atoms with Gasteiger partial charge in [0.05, 0.1) is 22.7 Å². The van der Waals surface area contributed by atoms with Gasteiger partial charge >= 0.3 is 0 Å². The van der Waals surface area contributed by atoms with Crippen molar-refractivity contribution >= 4 is 49.8 Å². The van der Waals surface area contributed by atoms with Crippen LogP contribution in [0.2, 0.25) is 5.02 Å². The smallest absolute Gasteiger partial charge is 0.255 e. The highest BCUT2D eigenvalue weighted by Crippen LogP contribution is 2.27. The van der Waals surface area contributed by atoms with Crippen molar-refractivity contribution in [2.24, 2.45) is 7.05 Å². The Morgan fingerprint density at radius 3 is 2.60 bits per heavy atom. The fraction of sp³-hybridized carbons (Fsp3) is 0.118. The second kappa shape index (κ2) is 6.42. The van der Waals surface area contributed by atoms with Crippen molar-refractivity contribution in [3.63, 3.8) is 0 Å². The molecule has 3 rings (SSSR count). The van der Waals surface area contributed by atoms with Crippen LogP contribution in [0.1, 0.15) is 10.4 Å². The number of hydrogen-bond acceptors (Lipinski definition) is 3. The van der Waals surface area contributed by atoms with Crippen LogP contribution in [0, 0.1) is 0 Å². The molecule has 2 N–H and O–H groups in total. The van der Waals surface area contributed by atoms with Crippen molar-refractivity contribution in [3.8, 4) is 0 Å². The molecule has 0 aliphatic heterocycles. The van der Waals surface area contributed by atoms with E-state index in [0.29, 0.717) is 11.3 Å². The second-order valence-electron chi connectivity index (χ2n) is 5.69. The predicted molar refractivity (Wildman–Crippen MR) is 101 cm³/mol. The zero-order valence-electron chi connectivity index (χ0n) is 13.6. The average Bonchev–Trinajstić information content (AvgIpc) is 2.91. The van der Waals surface area contributed by atoms with Crippen LogP contribution in [-0.4, -0.2) is 25.1 Å². The molecule has 0 atom stereocenters. The van der Waals surface area contributed by atoms with E-state index < -0.39 is 10.0 Å². The molecule has 0 saturated heterocycles. The summed E-state index contributed by atoms with van der Waals surface area (Å²) in [4.78, 5) is 12.6. The number of aromatic nitrogens is 1. The number of amides is 1. The number of halogens is 1. The van der Waals surface area contributed by atoms with Crippen LogP contribution in [0.4, 0.5) is 11.4 Å². The van der Waals surface area contributed by atoms with E-state index in [-0.39, 0.29) is 16.6 Å². The summed E-state index contributed by atoms with van der Waals surface area (Å²) >= 11 is 5.99. The maximum absolute atomic E-state index is 12.6. The van der Waals surface area contributed by atoms with Crippen molar-refractivity contribution in [2.75, 3.05) is 16.3 Å². The molecule has 0 saturated carbocycles. The van der Waals surface area contributed by atoms with Crippen LogP contribution in [-0.2, 0) is 17.1 Å². The molecule has 6 nitrogen and oxygen atoms in total. The van der Waals surface area contributed by atoms with E-state index in [0.717, 1.165) is 17.2 Å². The number of nitrogens with zero attached hydrogens (tertiary/aromatic N) is 1. The van der Waals surface area contributed by atoms with E-state index in [1.165, 1.54) is 18.2 Å². The van der Waals surface area contributed by atoms with Gasteiger partial charge in [-0.05, 0) is 36.4 Å². The van der Waals surface area contributed by atoms with Gasteiger partial charge in [-0.15, -0.1) is 0 Å². The first-order valence-electron chi connectivity index (χ1n) is 7.37. The molecule has 0 bridgehead atoms. The summed E-state index contributed by atoms with van der Waals surface area (Å²) in [6.07, 6.45) is 2.93. The highest BCUT2D eigenvalue weighted by Gasteiger charge is 2.13. The van der Waals surface area contributed by atoms with Crippen LogP contribution >= 0.6 is 11.6 Å². The Kier molecular flexibility index (Phi) is 4.45. The van der Waals surface area contributed by atoms with E-state index in [1.54, 1.807) is 0 Å². The number of carbonyl (C=O) groups excluding carboxylic acids is 1. The number of carbonyl (C=O) groups is 1. The molecule has 0 fully saturated rings. The normalized spacial score (nSPS) is 11.5.